The lowest BCUT2D eigenvalue weighted by Gasteiger charge is -2.04. The minimum absolute atomic E-state index is 0.0425. The summed E-state index contributed by atoms with van der Waals surface area (Å²) in [5.41, 5.74) is 3.05. The van der Waals surface area contributed by atoms with Crippen LogP contribution in [0.3, 0.4) is 0 Å². The fourth-order valence-electron chi connectivity index (χ4n) is 1.90. The first-order valence-corrected chi connectivity index (χ1v) is 6.47. The molecule has 0 amide bonds. The van der Waals surface area contributed by atoms with Crippen molar-refractivity contribution in [1.82, 2.24) is 29.7 Å². The molecule has 3 heterocycles. The van der Waals surface area contributed by atoms with E-state index in [0.717, 1.165) is 26.8 Å². The van der Waals surface area contributed by atoms with E-state index in [-0.39, 0.29) is 6.61 Å². The number of nitrogens with zero attached hydrogens (tertiary/aromatic N) is 5. The second-order valence-corrected chi connectivity index (χ2v) is 5.01. The van der Waals surface area contributed by atoms with Gasteiger partial charge in [0, 0.05) is 12.6 Å². The van der Waals surface area contributed by atoms with E-state index in [9.17, 15) is 5.11 Å². The summed E-state index contributed by atoms with van der Waals surface area (Å²) >= 11 is 1.44. The number of imidazole rings is 1. The largest absolute Gasteiger partial charge is 0.392 e. The molecule has 8 heteroatoms. The molecule has 3 rings (SSSR count). The molecule has 3 aromatic heterocycles. The lowest BCUT2D eigenvalue weighted by atomic mass is 10.3. The van der Waals surface area contributed by atoms with E-state index in [4.69, 9.17) is 0 Å². The fraction of sp³-hybridized carbons (Fsp3) is 0.273. The van der Waals surface area contributed by atoms with Crippen LogP contribution in [-0.2, 0) is 13.7 Å². The SMILES string of the molecule is Cc1nn(C)c(Sc2ncnc3nc[nH]c23)c1CO. The number of rotatable bonds is 3. The summed E-state index contributed by atoms with van der Waals surface area (Å²) < 4.78 is 1.75. The van der Waals surface area contributed by atoms with Crippen molar-refractivity contribution in [2.24, 2.45) is 7.05 Å². The van der Waals surface area contributed by atoms with Crippen LogP contribution in [-0.4, -0.2) is 34.8 Å². The van der Waals surface area contributed by atoms with Gasteiger partial charge in [-0.1, -0.05) is 0 Å². The van der Waals surface area contributed by atoms with Crippen molar-refractivity contribution in [3.05, 3.63) is 23.9 Å². The van der Waals surface area contributed by atoms with Gasteiger partial charge in [-0.05, 0) is 18.7 Å². The molecule has 7 nitrogen and oxygen atoms in total. The highest BCUT2D eigenvalue weighted by Gasteiger charge is 2.16. The van der Waals surface area contributed by atoms with E-state index in [2.05, 4.69) is 25.0 Å². The van der Waals surface area contributed by atoms with Crippen LogP contribution in [0.25, 0.3) is 11.2 Å². The lowest BCUT2D eigenvalue weighted by Crippen LogP contribution is -1.95. The highest BCUT2D eigenvalue weighted by Crippen LogP contribution is 2.32. The number of aromatic amines is 1. The number of hydrogen-bond acceptors (Lipinski definition) is 6. The summed E-state index contributed by atoms with van der Waals surface area (Å²) in [4.78, 5) is 15.5. The van der Waals surface area contributed by atoms with Crippen LogP contribution in [0.5, 0.6) is 0 Å². The second-order valence-electron chi connectivity index (χ2n) is 4.03. The molecular formula is C11H12N6OS. The topological polar surface area (TPSA) is 92.5 Å². The summed E-state index contributed by atoms with van der Waals surface area (Å²) in [5.74, 6) is 0. The van der Waals surface area contributed by atoms with Crippen molar-refractivity contribution in [1.29, 1.82) is 0 Å². The summed E-state index contributed by atoms with van der Waals surface area (Å²) in [6.45, 7) is 1.83. The third-order valence-electron chi connectivity index (χ3n) is 2.83. The Morgan fingerprint density at radius 2 is 2.21 bits per heavy atom. The molecule has 0 unspecified atom stereocenters. The van der Waals surface area contributed by atoms with Crippen LogP contribution in [0.2, 0.25) is 0 Å². The zero-order chi connectivity index (χ0) is 13.4. The van der Waals surface area contributed by atoms with Gasteiger partial charge in [-0.2, -0.15) is 5.10 Å². The monoisotopic (exact) mass is 276 g/mol. The van der Waals surface area contributed by atoms with Crippen LogP contribution in [0.4, 0.5) is 0 Å². The van der Waals surface area contributed by atoms with Crippen LogP contribution in [0.1, 0.15) is 11.3 Å². The van der Waals surface area contributed by atoms with Gasteiger partial charge >= 0.3 is 0 Å². The standard InChI is InChI=1S/C11H12N6OS/c1-6-7(3-18)11(17(2)16-6)19-10-8-9(13-4-12-8)14-5-15-10/h4-5,18H,3H2,1-2H3,(H,12,13,14,15). The molecule has 0 atom stereocenters. The number of nitrogens with one attached hydrogen (secondary N) is 1. The summed E-state index contributed by atoms with van der Waals surface area (Å²) in [6, 6.07) is 0. The Morgan fingerprint density at radius 1 is 1.37 bits per heavy atom. The Morgan fingerprint density at radius 3 is 3.00 bits per heavy atom. The average Bonchev–Trinajstić information content (AvgIpc) is 2.96. The third kappa shape index (κ3) is 1.98. The molecule has 19 heavy (non-hydrogen) atoms. The average molecular weight is 276 g/mol. The normalized spacial score (nSPS) is 11.3. The second kappa shape index (κ2) is 4.63. The number of aliphatic hydroxyl groups excluding tert-OH is 1. The van der Waals surface area contributed by atoms with E-state index in [1.54, 1.807) is 11.0 Å². The molecule has 0 aliphatic carbocycles. The predicted octanol–water partition coefficient (Wildman–Crippen LogP) is 1.04. The quantitative estimate of drug-likeness (QED) is 0.694. The van der Waals surface area contributed by atoms with Gasteiger partial charge in [0.05, 0.1) is 18.6 Å². The number of hydrogen-bond donors (Lipinski definition) is 2. The van der Waals surface area contributed by atoms with Gasteiger partial charge in [-0.25, -0.2) is 15.0 Å². The Bertz CT molecular complexity index is 734. The van der Waals surface area contributed by atoms with Gasteiger partial charge in [-0.15, -0.1) is 0 Å². The van der Waals surface area contributed by atoms with Crippen molar-refractivity contribution < 1.29 is 5.11 Å². The number of aliphatic hydroxyl groups is 1. The van der Waals surface area contributed by atoms with E-state index >= 15 is 0 Å². The van der Waals surface area contributed by atoms with Crippen molar-refractivity contribution in [3.8, 4) is 0 Å². The Labute approximate surface area is 113 Å². The number of H-pyrrole nitrogens is 1. The highest BCUT2D eigenvalue weighted by molar-refractivity contribution is 7.99. The Kier molecular flexibility index (Phi) is 2.96. The Balaban J connectivity index is 2.08. The smallest absolute Gasteiger partial charge is 0.181 e. The minimum atomic E-state index is -0.0425. The first kappa shape index (κ1) is 12.1. The molecule has 0 saturated heterocycles. The number of aromatic nitrogens is 6. The first-order valence-electron chi connectivity index (χ1n) is 5.66. The molecule has 0 fully saturated rings. The molecule has 0 aliphatic rings. The molecule has 0 spiro atoms. The molecule has 0 aliphatic heterocycles. The van der Waals surface area contributed by atoms with E-state index in [1.807, 2.05) is 14.0 Å². The molecule has 2 N–H and O–H groups in total. The zero-order valence-electron chi connectivity index (χ0n) is 10.5. The molecule has 0 bridgehead atoms. The third-order valence-corrected chi connectivity index (χ3v) is 4.04. The van der Waals surface area contributed by atoms with Gasteiger partial charge in [0.25, 0.3) is 0 Å². The predicted molar refractivity (Wildman–Crippen MR) is 69.7 cm³/mol. The van der Waals surface area contributed by atoms with Crippen LogP contribution < -0.4 is 0 Å². The Hall–Kier alpha value is -1.93. The van der Waals surface area contributed by atoms with Crippen LogP contribution >= 0.6 is 11.8 Å². The molecule has 0 aromatic carbocycles. The maximum absolute atomic E-state index is 9.44. The summed E-state index contributed by atoms with van der Waals surface area (Å²) in [7, 11) is 1.85. The van der Waals surface area contributed by atoms with Crippen molar-refractivity contribution in [2.45, 2.75) is 23.6 Å². The zero-order valence-corrected chi connectivity index (χ0v) is 11.3. The minimum Gasteiger partial charge on any atom is -0.392 e. The van der Waals surface area contributed by atoms with Gasteiger partial charge in [0.1, 0.15) is 21.9 Å². The van der Waals surface area contributed by atoms with Crippen LogP contribution in [0.15, 0.2) is 22.7 Å². The molecule has 0 radical (unpaired) electrons. The maximum atomic E-state index is 9.44. The lowest BCUT2D eigenvalue weighted by molar-refractivity contribution is 0.277. The first-order chi connectivity index (χ1) is 9.20. The molecule has 3 aromatic rings. The van der Waals surface area contributed by atoms with E-state index in [1.165, 1.54) is 18.1 Å². The van der Waals surface area contributed by atoms with E-state index < -0.39 is 0 Å². The van der Waals surface area contributed by atoms with Gasteiger partial charge < -0.3 is 10.1 Å². The molecule has 98 valence electrons. The van der Waals surface area contributed by atoms with Crippen molar-refractivity contribution in [2.75, 3.05) is 0 Å². The van der Waals surface area contributed by atoms with Gasteiger partial charge in [-0.3, -0.25) is 4.68 Å². The number of aryl methyl sites for hydroxylation is 2. The van der Waals surface area contributed by atoms with Gasteiger partial charge in [0.2, 0.25) is 0 Å². The highest BCUT2D eigenvalue weighted by atomic mass is 32.2. The molecular weight excluding hydrogens is 264 g/mol. The number of fused-ring (bicyclic) bond motifs is 1. The summed E-state index contributed by atoms with van der Waals surface area (Å²) in [5, 5.41) is 15.4. The van der Waals surface area contributed by atoms with Crippen molar-refractivity contribution >= 4 is 22.9 Å². The van der Waals surface area contributed by atoms with Crippen LogP contribution in [0, 0.1) is 6.92 Å². The summed E-state index contributed by atoms with van der Waals surface area (Å²) in [6.07, 6.45) is 3.07. The molecule has 0 saturated carbocycles. The maximum Gasteiger partial charge on any atom is 0.181 e. The van der Waals surface area contributed by atoms with E-state index in [0.29, 0.717) is 5.65 Å². The van der Waals surface area contributed by atoms with Crippen molar-refractivity contribution in [3.63, 3.8) is 0 Å². The fourth-order valence-corrected chi connectivity index (χ4v) is 2.95. The van der Waals surface area contributed by atoms with Gasteiger partial charge in [0.15, 0.2) is 5.65 Å².